The average Bonchev–Trinajstić information content (AvgIpc) is 4.00. The van der Waals surface area contributed by atoms with E-state index in [1.807, 2.05) is 36.4 Å². The van der Waals surface area contributed by atoms with Crippen LogP contribution < -0.4 is 4.90 Å². The zero-order valence-corrected chi connectivity index (χ0v) is 34.6. The summed E-state index contributed by atoms with van der Waals surface area (Å²) >= 11 is 0. The maximum Gasteiger partial charge on any atom is 0.143 e. The second kappa shape index (κ2) is 14.7. The van der Waals surface area contributed by atoms with Crippen molar-refractivity contribution < 1.29 is 8.83 Å². The lowest BCUT2D eigenvalue weighted by atomic mass is 9.96. The summed E-state index contributed by atoms with van der Waals surface area (Å²) in [7, 11) is 0. The zero-order chi connectivity index (χ0) is 42.0. The predicted octanol–water partition coefficient (Wildman–Crippen LogP) is 16.8. The third-order valence-corrected chi connectivity index (χ3v) is 12.5. The number of furan rings is 2. The fraction of sp³-hybridized carbons (Fsp3) is 0.0169. The Balaban J connectivity index is 1.05. The van der Waals surface area contributed by atoms with Crippen LogP contribution in [0.15, 0.2) is 221 Å². The van der Waals surface area contributed by atoms with Crippen LogP contribution in [0, 0.1) is 0 Å². The Labute approximate surface area is 364 Å². The molecule has 4 nitrogen and oxygen atoms in total. The number of hydrogen-bond donors (Lipinski definition) is 0. The van der Waals surface area contributed by atoms with Crippen molar-refractivity contribution in [1.29, 1.82) is 0 Å². The van der Waals surface area contributed by atoms with E-state index in [9.17, 15) is 0 Å². The number of benzene rings is 9. The first kappa shape index (κ1) is 36.5. The van der Waals surface area contributed by atoms with E-state index in [1.165, 1.54) is 32.6 Å². The Morgan fingerprint density at radius 3 is 1.75 bits per heavy atom. The maximum absolute atomic E-state index is 6.54. The number of anilines is 2. The van der Waals surface area contributed by atoms with Crippen molar-refractivity contribution in [1.82, 2.24) is 4.57 Å². The summed E-state index contributed by atoms with van der Waals surface area (Å²) in [6, 6.07) is 71.2. The second-order valence-corrected chi connectivity index (χ2v) is 16.2. The topological polar surface area (TPSA) is 34.5 Å². The van der Waals surface area contributed by atoms with Crippen molar-refractivity contribution >= 4 is 89.0 Å². The monoisotopic (exact) mass is 808 g/mol. The highest BCUT2D eigenvalue weighted by Crippen LogP contribution is 2.42. The molecule has 12 rings (SSSR count). The average molecular weight is 809 g/mol. The summed E-state index contributed by atoms with van der Waals surface area (Å²) in [6.45, 7) is 6.33. The molecule has 0 aliphatic rings. The molecule has 0 saturated carbocycles. The number of fused-ring (bicyclic) bond motifs is 8. The molecule has 3 heterocycles. The summed E-state index contributed by atoms with van der Waals surface area (Å²) in [5.41, 5.74) is 14.4. The van der Waals surface area contributed by atoms with Gasteiger partial charge in [0.1, 0.15) is 22.5 Å². The van der Waals surface area contributed by atoms with Crippen LogP contribution in [0.5, 0.6) is 0 Å². The van der Waals surface area contributed by atoms with Crippen LogP contribution >= 0.6 is 0 Å². The van der Waals surface area contributed by atoms with E-state index in [1.54, 1.807) is 0 Å². The van der Waals surface area contributed by atoms with Crippen LogP contribution in [0.4, 0.5) is 11.4 Å². The van der Waals surface area contributed by atoms with Crippen LogP contribution in [-0.2, 0) is 0 Å². The van der Waals surface area contributed by atoms with Crippen LogP contribution in [0.2, 0.25) is 0 Å². The van der Waals surface area contributed by atoms with E-state index >= 15 is 0 Å². The molecule has 0 atom stereocenters. The molecule has 0 saturated heterocycles. The van der Waals surface area contributed by atoms with Gasteiger partial charge in [-0.15, -0.1) is 0 Å². The smallest absolute Gasteiger partial charge is 0.143 e. The standard InChI is InChI=1S/C59H40N2O2/c1-3-45-50-25-8-12-31-56(50)62-58(45)33-38(2)60(42-20-14-18-40(34-42)47-27-16-28-52-51-26-9-13-32-57(51)63-59(47)52)43-21-15-19-41(35-43)53-37-44(36-39-17-4-5-22-46(39)53)61-54-29-10-6-23-48(54)49-24-7-11-30-55(49)61/h3-37H,1H2,2H3/b38-33+. The molecule has 0 amide bonds. The van der Waals surface area contributed by atoms with Crippen molar-refractivity contribution in [2.45, 2.75) is 6.92 Å². The van der Waals surface area contributed by atoms with Gasteiger partial charge in [-0.1, -0.05) is 152 Å². The van der Waals surface area contributed by atoms with Crippen molar-refractivity contribution in [3.05, 3.63) is 224 Å². The normalized spacial score (nSPS) is 12.0. The van der Waals surface area contributed by atoms with Gasteiger partial charge in [0, 0.05) is 66.9 Å². The molecule has 63 heavy (non-hydrogen) atoms. The first-order valence-corrected chi connectivity index (χ1v) is 21.4. The van der Waals surface area contributed by atoms with E-state index in [4.69, 9.17) is 8.83 Å². The Kier molecular flexibility index (Phi) is 8.51. The number of aromatic nitrogens is 1. The van der Waals surface area contributed by atoms with Crippen LogP contribution in [0.3, 0.4) is 0 Å². The van der Waals surface area contributed by atoms with Gasteiger partial charge in [0.05, 0.1) is 11.0 Å². The molecular weight excluding hydrogens is 769 g/mol. The van der Waals surface area contributed by atoms with E-state index in [-0.39, 0.29) is 0 Å². The number of para-hydroxylation sites is 5. The van der Waals surface area contributed by atoms with E-state index in [0.29, 0.717) is 0 Å². The van der Waals surface area contributed by atoms with Gasteiger partial charge in [-0.3, -0.25) is 0 Å². The predicted molar refractivity (Wildman–Crippen MR) is 265 cm³/mol. The number of allylic oxidation sites excluding steroid dienone is 1. The molecular formula is C59H40N2O2. The molecule has 0 bridgehead atoms. The van der Waals surface area contributed by atoms with Gasteiger partial charge in [-0.2, -0.15) is 0 Å². The molecule has 4 heteroatoms. The van der Waals surface area contributed by atoms with Gasteiger partial charge in [-0.25, -0.2) is 0 Å². The summed E-state index contributed by atoms with van der Waals surface area (Å²) in [6.07, 6.45) is 4.02. The summed E-state index contributed by atoms with van der Waals surface area (Å²) in [4.78, 5) is 2.32. The molecule has 0 radical (unpaired) electrons. The minimum atomic E-state index is 0.762. The molecule has 0 spiro atoms. The lowest BCUT2D eigenvalue weighted by Gasteiger charge is -2.27. The molecule has 12 aromatic rings. The zero-order valence-electron chi connectivity index (χ0n) is 34.6. The van der Waals surface area contributed by atoms with E-state index < -0.39 is 0 Å². The minimum absolute atomic E-state index is 0.762. The molecule has 298 valence electrons. The fourth-order valence-electron chi connectivity index (χ4n) is 9.68. The van der Waals surface area contributed by atoms with Gasteiger partial charge < -0.3 is 18.3 Å². The highest BCUT2D eigenvalue weighted by molar-refractivity contribution is 6.11. The molecule has 9 aromatic carbocycles. The molecule has 0 N–H and O–H groups in total. The van der Waals surface area contributed by atoms with E-state index in [2.05, 4.69) is 199 Å². The van der Waals surface area contributed by atoms with Crippen molar-refractivity contribution in [3.8, 4) is 27.9 Å². The number of rotatable bonds is 8. The first-order valence-electron chi connectivity index (χ1n) is 21.4. The van der Waals surface area contributed by atoms with E-state index in [0.717, 1.165) is 89.2 Å². The quantitative estimate of drug-likeness (QED) is 0.153. The lowest BCUT2D eigenvalue weighted by molar-refractivity contribution is 0.602. The first-order chi connectivity index (χ1) is 31.1. The highest BCUT2D eigenvalue weighted by atomic mass is 16.3. The third-order valence-electron chi connectivity index (χ3n) is 12.5. The molecule has 3 aromatic heterocycles. The molecule has 0 unspecified atom stereocenters. The Hall–Kier alpha value is -8.34. The van der Waals surface area contributed by atoms with Crippen molar-refractivity contribution in [2.24, 2.45) is 0 Å². The molecule has 0 aliphatic carbocycles. The summed E-state index contributed by atoms with van der Waals surface area (Å²) in [5.74, 6) is 0.762. The van der Waals surface area contributed by atoms with Gasteiger partial charge in [-0.05, 0) is 95.1 Å². The Bertz CT molecular complexity index is 3750. The highest BCUT2D eigenvalue weighted by Gasteiger charge is 2.20. The van der Waals surface area contributed by atoms with Crippen LogP contribution in [0.1, 0.15) is 18.2 Å². The third kappa shape index (κ3) is 5.99. The fourth-order valence-corrected chi connectivity index (χ4v) is 9.68. The Morgan fingerprint density at radius 2 is 1.05 bits per heavy atom. The Morgan fingerprint density at radius 1 is 0.492 bits per heavy atom. The van der Waals surface area contributed by atoms with Gasteiger partial charge >= 0.3 is 0 Å². The number of hydrogen-bond acceptors (Lipinski definition) is 3. The van der Waals surface area contributed by atoms with Gasteiger partial charge in [0.25, 0.3) is 0 Å². The maximum atomic E-state index is 6.54. The van der Waals surface area contributed by atoms with Crippen LogP contribution in [-0.4, -0.2) is 4.57 Å². The van der Waals surface area contributed by atoms with Crippen molar-refractivity contribution in [2.75, 3.05) is 4.90 Å². The molecule has 0 aliphatic heterocycles. The van der Waals surface area contributed by atoms with Crippen LogP contribution in [0.25, 0.3) is 106 Å². The van der Waals surface area contributed by atoms with Gasteiger partial charge in [0.2, 0.25) is 0 Å². The van der Waals surface area contributed by atoms with Gasteiger partial charge in [0.15, 0.2) is 0 Å². The van der Waals surface area contributed by atoms with Crippen molar-refractivity contribution in [3.63, 3.8) is 0 Å². The minimum Gasteiger partial charge on any atom is -0.456 e. The largest absolute Gasteiger partial charge is 0.456 e. The summed E-state index contributed by atoms with van der Waals surface area (Å²) < 4.78 is 15.5. The SMILES string of the molecule is C=Cc1c(/C=C(\C)N(c2cccc(-c3cc(-n4c5ccccc5c5ccccc54)cc4ccccc34)c2)c2cccc(-c3cccc4c3oc3ccccc34)c2)oc2ccccc12. The summed E-state index contributed by atoms with van der Waals surface area (Å²) in [5, 5.41) is 8.11. The number of nitrogens with zero attached hydrogens (tertiary/aromatic N) is 2. The second-order valence-electron chi connectivity index (χ2n) is 16.2. The molecule has 0 fully saturated rings. The lowest BCUT2D eigenvalue weighted by Crippen LogP contribution is -2.14.